The summed E-state index contributed by atoms with van der Waals surface area (Å²) in [7, 11) is 1.21. The van der Waals surface area contributed by atoms with E-state index in [2.05, 4.69) is 26.0 Å². The number of rotatable bonds is 6. The van der Waals surface area contributed by atoms with Crippen molar-refractivity contribution in [2.75, 3.05) is 7.11 Å². The van der Waals surface area contributed by atoms with Crippen molar-refractivity contribution in [2.45, 2.75) is 6.54 Å². The Morgan fingerprint density at radius 1 is 1.09 bits per heavy atom. The molecule has 2 aromatic carbocycles. The number of nitrogens with zero attached hydrogens (tertiary/aromatic N) is 1. The van der Waals surface area contributed by atoms with E-state index in [9.17, 15) is 19.2 Å². The number of esters is 2. The fourth-order valence-corrected chi connectivity index (χ4v) is 3.67. The third-order valence-corrected chi connectivity index (χ3v) is 5.62. The third kappa shape index (κ3) is 5.44. The van der Waals surface area contributed by atoms with Crippen molar-refractivity contribution in [1.29, 1.82) is 0 Å². The highest BCUT2D eigenvalue weighted by Gasteiger charge is 2.34. The van der Waals surface area contributed by atoms with Crippen LogP contribution in [0.1, 0.15) is 32.2 Å². The zero-order valence-electron chi connectivity index (χ0n) is 18.0. The van der Waals surface area contributed by atoms with Gasteiger partial charge < -0.3 is 19.2 Å². The van der Waals surface area contributed by atoms with E-state index in [0.29, 0.717) is 15.1 Å². The van der Waals surface area contributed by atoms with E-state index < -0.39 is 23.9 Å². The highest BCUT2D eigenvalue weighted by Crippen LogP contribution is 2.28. The molecule has 0 bridgehead atoms. The standard InChI is InChI=1S/C24H16BrClN2O7/c1-33-23(31)20-9-7-17(34-20)12-28-21(29)18(27-24(28)32)11-14-10-15(25)4-8-19(14)35-22(30)13-2-5-16(26)6-3-13/h2-11H,12H2,1H3,(H,27,32)/b18-11+. The average Bonchev–Trinajstić information content (AvgIpc) is 3.41. The second kappa shape index (κ2) is 10.2. The Labute approximate surface area is 212 Å². The number of carbonyl (C=O) groups is 4. The van der Waals surface area contributed by atoms with Crippen molar-refractivity contribution in [1.82, 2.24) is 10.2 Å². The molecule has 0 saturated carbocycles. The van der Waals surface area contributed by atoms with Gasteiger partial charge in [-0.1, -0.05) is 27.5 Å². The van der Waals surface area contributed by atoms with E-state index in [0.717, 1.165) is 4.90 Å². The third-order valence-electron chi connectivity index (χ3n) is 4.88. The Bertz CT molecular complexity index is 1360. The van der Waals surface area contributed by atoms with Gasteiger partial charge in [0, 0.05) is 15.1 Å². The number of ether oxygens (including phenoxy) is 2. The van der Waals surface area contributed by atoms with Crippen LogP contribution in [-0.2, 0) is 16.1 Å². The number of hydrogen-bond donors (Lipinski definition) is 1. The van der Waals surface area contributed by atoms with Gasteiger partial charge in [0.15, 0.2) is 0 Å². The first-order valence-corrected chi connectivity index (χ1v) is 11.2. The number of methoxy groups -OCH3 is 1. The molecule has 3 amide bonds. The normalized spacial score (nSPS) is 14.3. The molecular formula is C24H16BrClN2O7. The van der Waals surface area contributed by atoms with Gasteiger partial charge in [0.2, 0.25) is 5.76 Å². The molecule has 9 nitrogen and oxygen atoms in total. The van der Waals surface area contributed by atoms with Gasteiger partial charge in [-0.3, -0.25) is 9.69 Å². The molecule has 11 heteroatoms. The first kappa shape index (κ1) is 24.2. The molecule has 1 aliphatic heterocycles. The van der Waals surface area contributed by atoms with Gasteiger partial charge in [-0.25, -0.2) is 14.4 Å². The van der Waals surface area contributed by atoms with Crippen LogP contribution in [0, 0.1) is 0 Å². The van der Waals surface area contributed by atoms with Gasteiger partial charge in [-0.15, -0.1) is 0 Å². The smallest absolute Gasteiger partial charge is 0.373 e. The molecule has 0 aliphatic carbocycles. The van der Waals surface area contributed by atoms with E-state index in [1.807, 2.05) is 0 Å². The Kier molecular flexibility index (Phi) is 7.04. The molecular weight excluding hydrogens is 544 g/mol. The lowest BCUT2D eigenvalue weighted by Crippen LogP contribution is -2.30. The molecule has 3 aromatic rings. The molecule has 1 aromatic heterocycles. The van der Waals surface area contributed by atoms with Gasteiger partial charge in [0.1, 0.15) is 17.2 Å². The van der Waals surface area contributed by atoms with E-state index in [1.165, 1.54) is 37.5 Å². The molecule has 35 heavy (non-hydrogen) atoms. The number of carbonyl (C=O) groups excluding carboxylic acids is 4. The maximum absolute atomic E-state index is 12.9. The Hall–Kier alpha value is -3.89. The summed E-state index contributed by atoms with van der Waals surface area (Å²) in [5.74, 6) is -1.58. The van der Waals surface area contributed by atoms with Crippen molar-refractivity contribution in [3.63, 3.8) is 0 Å². The predicted octanol–water partition coefficient (Wildman–Crippen LogP) is 4.79. The lowest BCUT2D eigenvalue weighted by atomic mass is 10.1. The van der Waals surface area contributed by atoms with E-state index in [-0.39, 0.29) is 35.1 Å². The monoisotopic (exact) mass is 558 g/mol. The van der Waals surface area contributed by atoms with Crippen molar-refractivity contribution < 1.29 is 33.1 Å². The molecule has 0 atom stereocenters. The summed E-state index contributed by atoms with van der Waals surface area (Å²) in [6.45, 7) is -0.199. The molecule has 0 spiro atoms. The highest BCUT2D eigenvalue weighted by molar-refractivity contribution is 9.10. The van der Waals surface area contributed by atoms with Crippen molar-refractivity contribution in [3.05, 3.63) is 92.4 Å². The molecule has 1 fully saturated rings. The summed E-state index contributed by atoms with van der Waals surface area (Å²) < 4.78 is 16.1. The summed E-state index contributed by atoms with van der Waals surface area (Å²) in [6, 6.07) is 13.2. The summed E-state index contributed by atoms with van der Waals surface area (Å²) in [5.41, 5.74) is 0.631. The van der Waals surface area contributed by atoms with Gasteiger partial charge in [-0.2, -0.15) is 0 Å². The molecule has 1 N–H and O–H groups in total. The number of urea groups is 1. The van der Waals surface area contributed by atoms with Crippen LogP contribution in [0.2, 0.25) is 5.02 Å². The van der Waals surface area contributed by atoms with Crippen molar-refractivity contribution in [2.24, 2.45) is 0 Å². The summed E-state index contributed by atoms with van der Waals surface area (Å²) in [6.07, 6.45) is 1.40. The number of amides is 3. The number of nitrogens with one attached hydrogen (secondary N) is 1. The Balaban J connectivity index is 1.55. The SMILES string of the molecule is COC(=O)c1ccc(CN2C(=O)N/C(=C/c3cc(Br)ccc3OC(=O)c3ccc(Cl)cc3)C2=O)o1. The number of benzene rings is 2. The Morgan fingerprint density at radius 3 is 2.54 bits per heavy atom. The topological polar surface area (TPSA) is 115 Å². The van der Waals surface area contributed by atoms with Crippen LogP contribution in [0.4, 0.5) is 4.79 Å². The van der Waals surface area contributed by atoms with E-state index in [4.69, 9.17) is 20.8 Å². The molecule has 4 rings (SSSR count). The number of halogens is 2. The number of imide groups is 1. The molecule has 0 radical (unpaired) electrons. The summed E-state index contributed by atoms with van der Waals surface area (Å²) in [5, 5.41) is 2.97. The fourth-order valence-electron chi connectivity index (χ4n) is 3.17. The largest absolute Gasteiger partial charge is 0.463 e. The quantitative estimate of drug-likeness (QED) is 0.200. The van der Waals surface area contributed by atoms with Gasteiger partial charge in [0.05, 0.1) is 19.2 Å². The average molecular weight is 560 g/mol. The zero-order valence-corrected chi connectivity index (χ0v) is 20.4. The molecule has 2 heterocycles. The summed E-state index contributed by atoms with van der Waals surface area (Å²) >= 11 is 9.21. The minimum Gasteiger partial charge on any atom is -0.463 e. The maximum atomic E-state index is 12.9. The predicted molar refractivity (Wildman–Crippen MR) is 128 cm³/mol. The van der Waals surface area contributed by atoms with Crippen LogP contribution in [0.3, 0.4) is 0 Å². The lowest BCUT2D eigenvalue weighted by Gasteiger charge is -2.10. The van der Waals surface area contributed by atoms with Gasteiger partial charge in [-0.05, 0) is 60.7 Å². The van der Waals surface area contributed by atoms with Crippen molar-refractivity contribution >= 4 is 57.5 Å². The number of hydrogen-bond acceptors (Lipinski definition) is 7. The van der Waals surface area contributed by atoms with Crippen LogP contribution in [0.15, 0.2) is 69.2 Å². The summed E-state index contributed by atoms with van der Waals surface area (Å²) in [4.78, 5) is 50.4. The van der Waals surface area contributed by atoms with Crippen LogP contribution in [0.5, 0.6) is 5.75 Å². The van der Waals surface area contributed by atoms with Crippen LogP contribution >= 0.6 is 27.5 Å². The highest BCUT2D eigenvalue weighted by atomic mass is 79.9. The second-order valence-corrected chi connectivity index (χ2v) is 8.57. The lowest BCUT2D eigenvalue weighted by molar-refractivity contribution is -0.123. The van der Waals surface area contributed by atoms with Crippen LogP contribution in [-0.4, -0.2) is 35.9 Å². The Morgan fingerprint density at radius 2 is 1.83 bits per heavy atom. The van der Waals surface area contributed by atoms with E-state index >= 15 is 0 Å². The first-order chi connectivity index (χ1) is 16.7. The molecule has 1 aliphatic rings. The minimum atomic E-state index is -0.677. The van der Waals surface area contributed by atoms with Crippen molar-refractivity contribution in [3.8, 4) is 5.75 Å². The van der Waals surface area contributed by atoms with Crippen LogP contribution in [0.25, 0.3) is 6.08 Å². The molecule has 178 valence electrons. The first-order valence-electron chi connectivity index (χ1n) is 10.0. The minimum absolute atomic E-state index is 0.0309. The fraction of sp³-hybridized carbons (Fsp3) is 0.0833. The maximum Gasteiger partial charge on any atom is 0.373 e. The van der Waals surface area contributed by atoms with Gasteiger partial charge >= 0.3 is 18.0 Å². The van der Waals surface area contributed by atoms with Crippen LogP contribution < -0.4 is 10.1 Å². The van der Waals surface area contributed by atoms with Gasteiger partial charge in [0.25, 0.3) is 5.91 Å². The van der Waals surface area contributed by atoms with E-state index in [1.54, 1.807) is 30.3 Å². The number of furan rings is 1. The molecule has 0 unspecified atom stereocenters. The molecule has 1 saturated heterocycles. The zero-order chi connectivity index (χ0) is 25.1. The second-order valence-electron chi connectivity index (χ2n) is 7.22.